The van der Waals surface area contributed by atoms with E-state index in [2.05, 4.69) is 13.1 Å². The van der Waals surface area contributed by atoms with E-state index in [1.54, 1.807) is 0 Å². The number of esters is 1. The number of carbonyl (C=O) groups excluding carboxylic acids is 2. The molecule has 0 spiro atoms. The van der Waals surface area contributed by atoms with Crippen LogP contribution in [-0.4, -0.2) is 27.7 Å². The average molecular weight is 202 g/mol. The van der Waals surface area contributed by atoms with Crippen LogP contribution in [0.25, 0.3) is 0 Å². The van der Waals surface area contributed by atoms with Crippen LogP contribution in [0.15, 0.2) is 0 Å². The summed E-state index contributed by atoms with van der Waals surface area (Å²) in [4.78, 5) is 20.9. The Hall–Kier alpha value is -0.643. The average Bonchev–Trinajstić information content (AvgIpc) is 2.04. The summed E-state index contributed by atoms with van der Waals surface area (Å²) in [6, 6.07) is 1.04. The van der Waals surface area contributed by atoms with Crippen LogP contribution in [0.5, 0.6) is 0 Å². The van der Waals surface area contributed by atoms with Gasteiger partial charge in [0, 0.05) is 21.6 Å². The van der Waals surface area contributed by atoms with Crippen molar-refractivity contribution in [2.75, 3.05) is 6.61 Å². The van der Waals surface area contributed by atoms with E-state index >= 15 is 0 Å². The van der Waals surface area contributed by atoms with E-state index in [0.717, 1.165) is 12.3 Å². The zero-order valence-corrected chi connectivity index (χ0v) is 9.57. The van der Waals surface area contributed by atoms with Gasteiger partial charge in [0.1, 0.15) is 6.29 Å². The van der Waals surface area contributed by atoms with E-state index in [1.807, 2.05) is 0 Å². The SMILES string of the molecule is C[SiH](C)CCOC(=O)CCCC=O. The number of hydrogen-bond donors (Lipinski definition) is 0. The van der Waals surface area contributed by atoms with Gasteiger partial charge in [-0.3, -0.25) is 4.79 Å². The van der Waals surface area contributed by atoms with Crippen LogP contribution in [0.4, 0.5) is 0 Å². The van der Waals surface area contributed by atoms with Gasteiger partial charge in [0.2, 0.25) is 0 Å². The predicted molar refractivity (Wildman–Crippen MR) is 54.6 cm³/mol. The van der Waals surface area contributed by atoms with Crippen LogP contribution in [-0.2, 0) is 14.3 Å². The lowest BCUT2D eigenvalue weighted by Gasteiger charge is -2.04. The van der Waals surface area contributed by atoms with Crippen LogP contribution >= 0.6 is 0 Å². The molecular weight excluding hydrogens is 184 g/mol. The predicted octanol–water partition coefficient (Wildman–Crippen LogP) is 1.39. The van der Waals surface area contributed by atoms with E-state index in [9.17, 15) is 9.59 Å². The molecule has 3 nitrogen and oxygen atoms in total. The highest BCUT2D eigenvalue weighted by Gasteiger charge is 2.02. The van der Waals surface area contributed by atoms with Gasteiger partial charge in [0.15, 0.2) is 0 Å². The summed E-state index contributed by atoms with van der Waals surface area (Å²) in [5.74, 6) is -0.170. The molecule has 0 aromatic rings. The summed E-state index contributed by atoms with van der Waals surface area (Å²) in [6.45, 7) is 5.00. The highest BCUT2D eigenvalue weighted by atomic mass is 28.3. The number of ether oxygens (including phenoxy) is 1. The third-order valence-electron chi connectivity index (χ3n) is 1.66. The second-order valence-corrected chi connectivity index (χ2v) is 6.83. The Morgan fingerprint density at radius 3 is 2.69 bits per heavy atom. The van der Waals surface area contributed by atoms with E-state index in [1.165, 1.54) is 0 Å². The molecule has 0 aliphatic heterocycles. The van der Waals surface area contributed by atoms with Gasteiger partial charge < -0.3 is 9.53 Å². The Kier molecular flexibility index (Phi) is 7.58. The van der Waals surface area contributed by atoms with Gasteiger partial charge in [-0.25, -0.2) is 0 Å². The van der Waals surface area contributed by atoms with Gasteiger partial charge in [-0.15, -0.1) is 0 Å². The van der Waals surface area contributed by atoms with E-state index in [-0.39, 0.29) is 5.97 Å². The second kappa shape index (κ2) is 7.98. The number of rotatable bonds is 7. The van der Waals surface area contributed by atoms with Gasteiger partial charge in [-0.1, -0.05) is 13.1 Å². The Balaban J connectivity index is 3.25. The molecule has 0 atom stereocenters. The van der Waals surface area contributed by atoms with Crippen molar-refractivity contribution in [2.24, 2.45) is 0 Å². The zero-order chi connectivity index (χ0) is 10.1. The maximum Gasteiger partial charge on any atom is 0.305 e. The molecule has 0 fully saturated rings. The molecule has 0 aliphatic rings. The Morgan fingerprint density at radius 2 is 2.15 bits per heavy atom. The molecule has 0 amide bonds. The minimum Gasteiger partial charge on any atom is -0.466 e. The normalized spacial score (nSPS) is 10.1. The Labute approximate surface area is 81.1 Å². The Bertz CT molecular complexity index is 157. The highest BCUT2D eigenvalue weighted by molar-refractivity contribution is 6.55. The zero-order valence-electron chi connectivity index (χ0n) is 8.41. The van der Waals surface area contributed by atoms with Crippen LogP contribution in [0.1, 0.15) is 19.3 Å². The molecular formula is C9H18O3Si. The number of hydrogen-bond acceptors (Lipinski definition) is 3. The number of unbranched alkanes of at least 4 members (excludes halogenated alkanes) is 1. The molecule has 0 aromatic heterocycles. The molecule has 4 heteroatoms. The van der Waals surface area contributed by atoms with Crippen molar-refractivity contribution in [2.45, 2.75) is 38.4 Å². The van der Waals surface area contributed by atoms with Gasteiger partial charge in [0.05, 0.1) is 6.61 Å². The number of aldehydes is 1. The summed E-state index contributed by atoms with van der Waals surface area (Å²) in [5.41, 5.74) is 0. The maximum atomic E-state index is 11.0. The van der Waals surface area contributed by atoms with Crippen molar-refractivity contribution in [3.05, 3.63) is 0 Å². The second-order valence-electron chi connectivity index (χ2n) is 3.46. The minimum atomic E-state index is -0.596. The maximum absolute atomic E-state index is 11.0. The summed E-state index contributed by atoms with van der Waals surface area (Å²) >= 11 is 0. The van der Waals surface area contributed by atoms with Crippen LogP contribution in [0.2, 0.25) is 19.1 Å². The smallest absolute Gasteiger partial charge is 0.305 e. The first-order valence-corrected chi connectivity index (χ1v) is 7.88. The third kappa shape index (κ3) is 9.27. The monoisotopic (exact) mass is 202 g/mol. The fourth-order valence-electron chi connectivity index (χ4n) is 0.810. The lowest BCUT2D eigenvalue weighted by molar-refractivity contribution is -0.143. The first kappa shape index (κ1) is 12.4. The molecule has 0 saturated carbocycles. The van der Waals surface area contributed by atoms with E-state index < -0.39 is 8.80 Å². The van der Waals surface area contributed by atoms with E-state index in [4.69, 9.17) is 4.74 Å². The fraction of sp³-hybridized carbons (Fsp3) is 0.778. The summed E-state index contributed by atoms with van der Waals surface area (Å²) in [7, 11) is -0.596. The standard InChI is InChI=1S/C9H18O3Si/c1-13(2)8-7-12-9(11)5-3-4-6-10/h6,13H,3-5,7-8H2,1-2H3. The van der Waals surface area contributed by atoms with Gasteiger partial charge in [-0.2, -0.15) is 0 Å². The van der Waals surface area contributed by atoms with Crippen molar-refractivity contribution >= 4 is 21.1 Å². The Morgan fingerprint density at radius 1 is 1.46 bits per heavy atom. The molecule has 13 heavy (non-hydrogen) atoms. The molecule has 0 aliphatic carbocycles. The van der Waals surface area contributed by atoms with Crippen molar-refractivity contribution in [3.63, 3.8) is 0 Å². The minimum absolute atomic E-state index is 0.170. The third-order valence-corrected chi connectivity index (χ3v) is 3.05. The molecule has 0 rings (SSSR count). The molecule has 0 N–H and O–H groups in total. The molecule has 0 saturated heterocycles. The largest absolute Gasteiger partial charge is 0.466 e. The molecule has 0 heterocycles. The summed E-state index contributed by atoms with van der Waals surface area (Å²) < 4.78 is 4.98. The quantitative estimate of drug-likeness (QED) is 0.271. The molecule has 0 radical (unpaired) electrons. The molecule has 0 aromatic carbocycles. The van der Waals surface area contributed by atoms with Crippen LogP contribution in [0.3, 0.4) is 0 Å². The van der Waals surface area contributed by atoms with Crippen LogP contribution in [0, 0.1) is 0 Å². The van der Waals surface area contributed by atoms with Gasteiger partial charge >= 0.3 is 5.97 Å². The molecule has 76 valence electrons. The van der Waals surface area contributed by atoms with Crippen molar-refractivity contribution in [3.8, 4) is 0 Å². The van der Waals surface area contributed by atoms with Crippen molar-refractivity contribution < 1.29 is 14.3 Å². The van der Waals surface area contributed by atoms with Crippen molar-refractivity contribution in [1.82, 2.24) is 0 Å². The first-order chi connectivity index (χ1) is 6.16. The highest BCUT2D eigenvalue weighted by Crippen LogP contribution is 1.98. The molecule has 0 unspecified atom stereocenters. The molecule has 0 bridgehead atoms. The first-order valence-electron chi connectivity index (χ1n) is 4.76. The lowest BCUT2D eigenvalue weighted by atomic mass is 10.2. The summed E-state index contributed by atoms with van der Waals surface area (Å²) in [6.07, 6.45) is 2.27. The topological polar surface area (TPSA) is 43.4 Å². The summed E-state index contributed by atoms with van der Waals surface area (Å²) in [5, 5.41) is 0. The van der Waals surface area contributed by atoms with Crippen LogP contribution < -0.4 is 0 Å². The van der Waals surface area contributed by atoms with Gasteiger partial charge in [0.25, 0.3) is 0 Å². The number of carbonyl (C=O) groups is 2. The lowest BCUT2D eigenvalue weighted by Crippen LogP contribution is -2.10. The van der Waals surface area contributed by atoms with Gasteiger partial charge in [-0.05, 0) is 12.5 Å². The fourth-order valence-corrected chi connectivity index (χ4v) is 1.40. The van der Waals surface area contributed by atoms with E-state index in [0.29, 0.717) is 25.9 Å². The van der Waals surface area contributed by atoms with Crippen molar-refractivity contribution in [1.29, 1.82) is 0 Å².